The second-order valence-corrected chi connectivity index (χ2v) is 4.25. The number of ether oxygens (including phenoxy) is 1. The topological polar surface area (TPSA) is 85.7 Å². The third-order valence-electron chi connectivity index (χ3n) is 2.91. The van der Waals surface area contributed by atoms with Gasteiger partial charge >= 0.3 is 5.97 Å². The minimum Gasteiger partial charge on any atom is -0.486 e. The van der Waals surface area contributed by atoms with Gasteiger partial charge in [-0.1, -0.05) is 0 Å². The van der Waals surface area contributed by atoms with Crippen LogP contribution in [0, 0.1) is 6.92 Å². The molecule has 0 unspecified atom stereocenters. The van der Waals surface area contributed by atoms with E-state index in [4.69, 9.17) is 13.6 Å². The first kappa shape index (κ1) is 12.3. The highest BCUT2D eigenvalue weighted by atomic mass is 16.5. The van der Waals surface area contributed by atoms with Crippen LogP contribution in [0.1, 0.15) is 21.9 Å². The number of hydrogen-bond acceptors (Lipinski definition) is 5. The maximum Gasteiger partial charge on any atom is 0.339 e. The average Bonchev–Trinajstić information content (AvgIpc) is 3.01. The Morgan fingerprint density at radius 2 is 2.30 bits per heavy atom. The number of carboxylic acid groups (broad SMARTS) is 1. The van der Waals surface area contributed by atoms with Crippen molar-refractivity contribution in [1.29, 1.82) is 0 Å². The summed E-state index contributed by atoms with van der Waals surface area (Å²) in [4.78, 5) is 15.0. The normalized spacial score (nSPS) is 10.8. The van der Waals surface area contributed by atoms with Crippen molar-refractivity contribution in [3.05, 3.63) is 47.9 Å². The molecule has 0 bridgehead atoms. The van der Waals surface area contributed by atoms with E-state index in [2.05, 4.69) is 4.98 Å². The van der Waals surface area contributed by atoms with Crippen LogP contribution in [0.4, 0.5) is 0 Å². The molecule has 3 rings (SSSR count). The second kappa shape index (κ2) is 4.73. The van der Waals surface area contributed by atoms with Gasteiger partial charge in [0.15, 0.2) is 12.2 Å². The van der Waals surface area contributed by atoms with Gasteiger partial charge in [0.2, 0.25) is 0 Å². The molecule has 0 atom stereocenters. The van der Waals surface area contributed by atoms with Gasteiger partial charge in [0.1, 0.15) is 29.3 Å². The fourth-order valence-corrected chi connectivity index (χ4v) is 2.02. The molecule has 0 amide bonds. The van der Waals surface area contributed by atoms with Gasteiger partial charge in [0.25, 0.3) is 0 Å². The number of hydrogen-bond donors (Lipinski definition) is 1. The summed E-state index contributed by atoms with van der Waals surface area (Å²) in [5.41, 5.74) is 0.678. The Labute approximate surface area is 113 Å². The van der Waals surface area contributed by atoms with Crippen molar-refractivity contribution < 1.29 is 23.5 Å². The van der Waals surface area contributed by atoms with Gasteiger partial charge in [-0.2, -0.15) is 0 Å². The molecule has 1 N–H and O–H groups in total. The van der Waals surface area contributed by atoms with E-state index < -0.39 is 5.97 Å². The SMILES string of the molecule is Cc1oc2ccc(OCc3cnco3)cc2c1C(=O)O. The predicted molar refractivity (Wildman–Crippen MR) is 68.7 cm³/mol. The molecule has 0 saturated heterocycles. The predicted octanol–water partition coefficient (Wildman–Crippen LogP) is 3.01. The van der Waals surface area contributed by atoms with Crippen molar-refractivity contribution in [3.8, 4) is 5.75 Å². The zero-order valence-corrected chi connectivity index (χ0v) is 10.6. The van der Waals surface area contributed by atoms with Gasteiger partial charge in [0.05, 0.1) is 6.20 Å². The summed E-state index contributed by atoms with van der Waals surface area (Å²) >= 11 is 0. The highest BCUT2D eigenvalue weighted by Gasteiger charge is 2.17. The molecule has 0 radical (unpaired) electrons. The van der Waals surface area contributed by atoms with Gasteiger partial charge in [-0.05, 0) is 25.1 Å². The van der Waals surface area contributed by atoms with E-state index in [0.717, 1.165) is 0 Å². The number of benzene rings is 1. The van der Waals surface area contributed by atoms with Gasteiger partial charge in [-0.25, -0.2) is 9.78 Å². The first-order valence-corrected chi connectivity index (χ1v) is 5.92. The van der Waals surface area contributed by atoms with Crippen LogP contribution < -0.4 is 4.74 Å². The van der Waals surface area contributed by atoms with E-state index in [1.807, 2.05) is 0 Å². The number of oxazole rings is 1. The second-order valence-electron chi connectivity index (χ2n) is 4.25. The molecule has 0 aliphatic carbocycles. The average molecular weight is 273 g/mol. The highest BCUT2D eigenvalue weighted by Crippen LogP contribution is 2.29. The van der Waals surface area contributed by atoms with E-state index in [0.29, 0.717) is 28.2 Å². The Hall–Kier alpha value is -2.76. The summed E-state index contributed by atoms with van der Waals surface area (Å²) in [6, 6.07) is 5.05. The quantitative estimate of drug-likeness (QED) is 0.786. The number of rotatable bonds is 4. The molecule has 2 heterocycles. The van der Waals surface area contributed by atoms with Crippen molar-refractivity contribution in [2.45, 2.75) is 13.5 Å². The smallest absolute Gasteiger partial charge is 0.339 e. The Balaban J connectivity index is 1.93. The van der Waals surface area contributed by atoms with E-state index >= 15 is 0 Å². The summed E-state index contributed by atoms with van der Waals surface area (Å²) in [5.74, 6) is 0.484. The first-order valence-electron chi connectivity index (χ1n) is 5.92. The molecule has 0 saturated carbocycles. The number of furan rings is 1. The maximum absolute atomic E-state index is 11.2. The van der Waals surface area contributed by atoms with Gasteiger partial charge < -0.3 is 18.7 Å². The van der Waals surface area contributed by atoms with Crippen LogP contribution in [-0.4, -0.2) is 16.1 Å². The number of carboxylic acids is 1. The molecule has 3 aromatic rings. The number of aryl methyl sites for hydroxylation is 1. The van der Waals surface area contributed by atoms with Crippen LogP contribution >= 0.6 is 0 Å². The van der Waals surface area contributed by atoms with Gasteiger partial charge in [-0.3, -0.25) is 0 Å². The van der Waals surface area contributed by atoms with E-state index in [-0.39, 0.29) is 12.2 Å². The van der Waals surface area contributed by atoms with Crippen LogP contribution in [0.25, 0.3) is 11.0 Å². The van der Waals surface area contributed by atoms with Crippen molar-refractivity contribution in [2.75, 3.05) is 0 Å². The summed E-state index contributed by atoms with van der Waals surface area (Å²) in [7, 11) is 0. The third kappa shape index (κ3) is 2.11. The molecule has 0 fully saturated rings. The minimum atomic E-state index is -1.02. The van der Waals surface area contributed by atoms with Crippen molar-refractivity contribution in [2.24, 2.45) is 0 Å². The Morgan fingerprint density at radius 1 is 1.45 bits per heavy atom. The lowest BCUT2D eigenvalue weighted by Crippen LogP contribution is -1.97. The lowest BCUT2D eigenvalue weighted by molar-refractivity contribution is 0.0697. The molecule has 6 nitrogen and oxygen atoms in total. The number of fused-ring (bicyclic) bond motifs is 1. The highest BCUT2D eigenvalue weighted by molar-refractivity contribution is 6.03. The molecule has 0 spiro atoms. The van der Waals surface area contributed by atoms with Crippen LogP contribution in [0.15, 0.2) is 39.6 Å². The molecular formula is C14H11NO5. The Morgan fingerprint density at radius 3 is 3.00 bits per heavy atom. The number of nitrogens with zero attached hydrogens (tertiary/aromatic N) is 1. The van der Waals surface area contributed by atoms with Crippen LogP contribution in [-0.2, 0) is 6.61 Å². The zero-order chi connectivity index (χ0) is 14.1. The molecule has 102 valence electrons. The first-order chi connectivity index (χ1) is 9.65. The summed E-state index contributed by atoms with van der Waals surface area (Å²) in [5, 5.41) is 9.72. The summed E-state index contributed by atoms with van der Waals surface area (Å²) in [6.07, 6.45) is 2.88. The summed E-state index contributed by atoms with van der Waals surface area (Å²) in [6.45, 7) is 1.85. The molecule has 6 heteroatoms. The van der Waals surface area contributed by atoms with Crippen molar-refractivity contribution in [3.63, 3.8) is 0 Å². The molecule has 0 aliphatic heterocycles. The Bertz CT molecular complexity index is 757. The van der Waals surface area contributed by atoms with Gasteiger partial charge in [0, 0.05) is 5.39 Å². The summed E-state index contributed by atoms with van der Waals surface area (Å²) < 4.78 is 16.0. The number of aromatic carboxylic acids is 1. The standard InChI is InChI=1S/C14H11NO5/c1-8-13(14(16)17)11-4-9(2-3-12(11)20-8)18-6-10-5-15-7-19-10/h2-5,7H,6H2,1H3,(H,16,17). The van der Waals surface area contributed by atoms with E-state index in [1.165, 1.54) is 6.39 Å². The molecule has 1 aromatic carbocycles. The lowest BCUT2D eigenvalue weighted by atomic mass is 10.1. The van der Waals surface area contributed by atoms with Crippen LogP contribution in [0.5, 0.6) is 5.75 Å². The van der Waals surface area contributed by atoms with Gasteiger partial charge in [-0.15, -0.1) is 0 Å². The lowest BCUT2D eigenvalue weighted by Gasteiger charge is -2.03. The fourth-order valence-electron chi connectivity index (χ4n) is 2.02. The zero-order valence-electron chi connectivity index (χ0n) is 10.6. The molecular weight excluding hydrogens is 262 g/mol. The number of carbonyl (C=O) groups is 1. The number of aromatic nitrogens is 1. The van der Waals surface area contributed by atoms with E-state index in [9.17, 15) is 9.90 Å². The molecule has 2 aromatic heterocycles. The van der Waals surface area contributed by atoms with Crippen LogP contribution in [0.2, 0.25) is 0 Å². The Kier molecular flexibility index (Phi) is 2.90. The minimum absolute atomic E-state index is 0.158. The fraction of sp³-hybridized carbons (Fsp3) is 0.143. The van der Waals surface area contributed by atoms with Crippen molar-refractivity contribution >= 4 is 16.9 Å². The largest absolute Gasteiger partial charge is 0.486 e. The van der Waals surface area contributed by atoms with Crippen LogP contribution in [0.3, 0.4) is 0 Å². The third-order valence-corrected chi connectivity index (χ3v) is 2.91. The van der Waals surface area contributed by atoms with E-state index in [1.54, 1.807) is 31.3 Å². The maximum atomic E-state index is 11.2. The monoisotopic (exact) mass is 273 g/mol. The van der Waals surface area contributed by atoms with Crippen molar-refractivity contribution in [1.82, 2.24) is 4.98 Å². The molecule has 20 heavy (non-hydrogen) atoms. The molecule has 0 aliphatic rings.